The summed E-state index contributed by atoms with van der Waals surface area (Å²) in [4.78, 5) is 24.9. The zero-order chi connectivity index (χ0) is 36.4. The van der Waals surface area contributed by atoms with Gasteiger partial charge in [-0.2, -0.15) is 0 Å². The van der Waals surface area contributed by atoms with E-state index in [9.17, 15) is 9.59 Å². The second-order valence-corrected chi connectivity index (χ2v) is 14.6. The SMILES string of the molecule is CCCCCC/C=C\CCCCCCCC(=O)OCC(COCCCCCCCC/C=C\CCCCCCCC)OC(=O)CCCCCCC. The van der Waals surface area contributed by atoms with E-state index < -0.39 is 6.10 Å². The molecule has 0 N–H and O–H groups in total. The summed E-state index contributed by atoms with van der Waals surface area (Å²) in [7, 11) is 0. The van der Waals surface area contributed by atoms with Gasteiger partial charge in [0.1, 0.15) is 6.61 Å². The number of carbonyl (C=O) groups excluding carboxylic acids is 2. The smallest absolute Gasteiger partial charge is 0.306 e. The van der Waals surface area contributed by atoms with Gasteiger partial charge in [0.15, 0.2) is 6.10 Å². The molecule has 294 valence electrons. The molecule has 0 amide bonds. The first kappa shape index (κ1) is 48.4. The third-order valence-electron chi connectivity index (χ3n) is 9.46. The van der Waals surface area contributed by atoms with Crippen molar-refractivity contribution in [2.24, 2.45) is 0 Å². The van der Waals surface area contributed by atoms with E-state index in [2.05, 4.69) is 45.1 Å². The second-order valence-electron chi connectivity index (χ2n) is 14.6. The lowest BCUT2D eigenvalue weighted by Crippen LogP contribution is -2.30. The Kier molecular flexibility index (Phi) is 40.4. The monoisotopic (exact) mass is 705 g/mol. The van der Waals surface area contributed by atoms with Crippen LogP contribution in [-0.2, 0) is 23.8 Å². The van der Waals surface area contributed by atoms with Gasteiger partial charge in [-0.25, -0.2) is 0 Å². The Morgan fingerprint density at radius 3 is 1.24 bits per heavy atom. The fraction of sp³-hybridized carbons (Fsp3) is 0.867. The number of ether oxygens (including phenoxy) is 3. The van der Waals surface area contributed by atoms with Crippen LogP contribution in [0.3, 0.4) is 0 Å². The number of hydrogen-bond donors (Lipinski definition) is 0. The molecule has 5 nitrogen and oxygen atoms in total. The molecule has 0 heterocycles. The lowest BCUT2D eigenvalue weighted by molar-refractivity contribution is -0.163. The van der Waals surface area contributed by atoms with E-state index in [1.165, 1.54) is 135 Å². The number of unbranched alkanes of at least 4 members (excludes halogenated alkanes) is 25. The summed E-state index contributed by atoms with van der Waals surface area (Å²) >= 11 is 0. The molecule has 0 rings (SSSR count). The standard InChI is InChI=1S/C45H84O5/c1-4-7-10-13-15-17-19-21-22-23-25-27-29-31-34-37-40-48-41-43(50-45(47)39-36-32-12-9-6-3)42-49-44(46)38-35-33-30-28-26-24-20-18-16-14-11-8-5-2/h18,20-22,43H,4-17,19,23-42H2,1-3H3/b20-18-,22-21-. The van der Waals surface area contributed by atoms with Gasteiger partial charge in [-0.15, -0.1) is 0 Å². The summed E-state index contributed by atoms with van der Waals surface area (Å²) in [6, 6.07) is 0. The van der Waals surface area contributed by atoms with Crippen LogP contribution in [-0.4, -0.2) is 37.9 Å². The predicted molar refractivity (Wildman–Crippen MR) is 215 cm³/mol. The first-order chi connectivity index (χ1) is 24.6. The number of hydrogen-bond acceptors (Lipinski definition) is 5. The maximum Gasteiger partial charge on any atom is 0.306 e. The minimum atomic E-state index is -0.532. The zero-order valence-electron chi connectivity index (χ0n) is 33.7. The molecule has 0 fully saturated rings. The molecule has 0 aromatic heterocycles. The predicted octanol–water partition coefficient (Wildman–Crippen LogP) is 14.1. The minimum Gasteiger partial charge on any atom is -0.462 e. The lowest BCUT2D eigenvalue weighted by atomic mass is 10.1. The van der Waals surface area contributed by atoms with Crippen LogP contribution in [0.15, 0.2) is 24.3 Å². The molecule has 1 atom stereocenters. The summed E-state index contributed by atoms with van der Waals surface area (Å²) in [6.07, 6.45) is 46.3. The summed E-state index contributed by atoms with van der Waals surface area (Å²) < 4.78 is 17.2. The first-order valence-corrected chi connectivity index (χ1v) is 21.9. The molecule has 0 spiro atoms. The first-order valence-electron chi connectivity index (χ1n) is 21.9. The molecule has 0 aromatic rings. The fourth-order valence-corrected chi connectivity index (χ4v) is 6.14. The molecule has 50 heavy (non-hydrogen) atoms. The van der Waals surface area contributed by atoms with E-state index in [1.54, 1.807) is 0 Å². The van der Waals surface area contributed by atoms with Crippen molar-refractivity contribution in [2.45, 2.75) is 232 Å². The van der Waals surface area contributed by atoms with Crippen molar-refractivity contribution in [2.75, 3.05) is 19.8 Å². The highest BCUT2D eigenvalue weighted by atomic mass is 16.6. The maximum absolute atomic E-state index is 12.5. The average Bonchev–Trinajstić information content (AvgIpc) is 3.11. The molecule has 0 radical (unpaired) electrons. The number of carbonyl (C=O) groups is 2. The zero-order valence-corrected chi connectivity index (χ0v) is 33.7. The van der Waals surface area contributed by atoms with Gasteiger partial charge < -0.3 is 14.2 Å². The number of rotatable bonds is 40. The Hall–Kier alpha value is -1.62. The minimum absolute atomic E-state index is 0.0819. The molecular weight excluding hydrogens is 620 g/mol. The highest BCUT2D eigenvalue weighted by molar-refractivity contribution is 5.70. The Balaban J connectivity index is 4.07. The van der Waals surface area contributed by atoms with Crippen LogP contribution in [0.5, 0.6) is 0 Å². The van der Waals surface area contributed by atoms with Gasteiger partial charge in [0.25, 0.3) is 0 Å². The molecule has 0 saturated carbocycles. The van der Waals surface area contributed by atoms with Gasteiger partial charge in [-0.05, 0) is 70.6 Å². The van der Waals surface area contributed by atoms with E-state index in [4.69, 9.17) is 14.2 Å². The van der Waals surface area contributed by atoms with E-state index in [1.807, 2.05) is 0 Å². The van der Waals surface area contributed by atoms with E-state index >= 15 is 0 Å². The Labute approximate surface area is 311 Å². The Morgan fingerprint density at radius 2 is 0.780 bits per heavy atom. The van der Waals surface area contributed by atoms with Gasteiger partial charge in [0.2, 0.25) is 0 Å². The number of allylic oxidation sites excluding steroid dienone is 4. The van der Waals surface area contributed by atoms with E-state index in [0.29, 0.717) is 19.4 Å². The quantitative estimate of drug-likeness (QED) is 0.0361. The lowest BCUT2D eigenvalue weighted by Gasteiger charge is -2.18. The third kappa shape index (κ3) is 39.2. The number of esters is 2. The van der Waals surface area contributed by atoms with Crippen molar-refractivity contribution < 1.29 is 23.8 Å². The van der Waals surface area contributed by atoms with Crippen molar-refractivity contribution in [1.29, 1.82) is 0 Å². The summed E-state index contributed by atoms with van der Waals surface area (Å²) in [5, 5.41) is 0. The molecule has 0 aliphatic carbocycles. The molecule has 5 heteroatoms. The van der Waals surface area contributed by atoms with Crippen LogP contribution in [0, 0.1) is 0 Å². The van der Waals surface area contributed by atoms with Crippen molar-refractivity contribution in [3.8, 4) is 0 Å². The highest BCUT2D eigenvalue weighted by Crippen LogP contribution is 2.13. The topological polar surface area (TPSA) is 61.8 Å². The Bertz CT molecular complexity index is 761. The van der Waals surface area contributed by atoms with Crippen LogP contribution in [0.4, 0.5) is 0 Å². The summed E-state index contributed by atoms with van der Waals surface area (Å²) in [5.41, 5.74) is 0. The van der Waals surface area contributed by atoms with Crippen molar-refractivity contribution >= 4 is 11.9 Å². The molecular formula is C45H84O5. The maximum atomic E-state index is 12.5. The van der Waals surface area contributed by atoms with Gasteiger partial charge in [-0.3, -0.25) is 9.59 Å². The normalized spacial score (nSPS) is 12.3. The summed E-state index contributed by atoms with van der Waals surface area (Å²) in [6.45, 7) is 7.73. The van der Waals surface area contributed by atoms with Crippen molar-refractivity contribution in [1.82, 2.24) is 0 Å². The third-order valence-corrected chi connectivity index (χ3v) is 9.46. The van der Waals surface area contributed by atoms with Gasteiger partial charge in [0, 0.05) is 19.4 Å². The second kappa shape index (κ2) is 41.8. The molecule has 0 aliphatic heterocycles. The molecule has 0 bridgehead atoms. The van der Waals surface area contributed by atoms with Crippen LogP contribution in [0.25, 0.3) is 0 Å². The van der Waals surface area contributed by atoms with Crippen LogP contribution >= 0.6 is 0 Å². The molecule has 0 aromatic carbocycles. The molecule has 0 saturated heterocycles. The van der Waals surface area contributed by atoms with Crippen LogP contribution in [0.2, 0.25) is 0 Å². The molecule has 1 unspecified atom stereocenters. The van der Waals surface area contributed by atoms with E-state index in [-0.39, 0.29) is 25.2 Å². The van der Waals surface area contributed by atoms with Gasteiger partial charge in [0.05, 0.1) is 6.61 Å². The van der Waals surface area contributed by atoms with Crippen molar-refractivity contribution in [3.05, 3.63) is 24.3 Å². The fourth-order valence-electron chi connectivity index (χ4n) is 6.14. The molecule has 0 aliphatic rings. The van der Waals surface area contributed by atoms with Gasteiger partial charge in [-0.1, -0.05) is 167 Å². The van der Waals surface area contributed by atoms with Crippen molar-refractivity contribution in [3.63, 3.8) is 0 Å². The average molecular weight is 705 g/mol. The van der Waals surface area contributed by atoms with Crippen LogP contribution in [0.1, 0.15) is 226 Å². The van der Waals surface area contributed by atoms with Crippen LogP contribution < -0.4 is 0 Å². The highest BCUT2D eigenvalue weighted by Gasteiger charge is 2.17. The summed E-state index contributed by atoms with van der Waals surface area (Å²) in [5.74, 6) is -0.417. The Morgan fingerprint density at radius 1 is 0.420 bits per heavy atom. The largest absolute Gasteiger partial charge is 0.462 e. The van der Waals surface area contributed by atoms with E-state index in [0.717, 1.165) is 57.8 Å². The van der Waals surface area contributed by atoms with Gasteiger partial charge >= 0.3 is 11.9 Å².